The Hall–Kier alpha value is -3.18. The molecule has 0 bridgehead atoms. The van der Waals surface area contributed by atoms with Crippen molar-refractivity contribution in [2.45, 2.75) is 177 Å². The van der Waals surface area contributed by atoms with E-state index >= 15 is 0 Å². The number of hydrogen-bond donors (Lipinski definition) is 0. The molecule has 12 heteroatoms. The molecule has 0 aliphatic carbocycles. The third-order valence-corrected chi connectivity index (χ3v) is 10.8. The Morgan fingerprint density at radius 3 is 0.588 bits per heavy atom. The average molecular weight is 721 g/mol. The SMILES string of the molecule is CCC(C)(C)N1CC(=O)N(C(C)(C)C)CC(=O)N(C(C)(C)CC)CC(=O)N(C(C)(C)CC)CC(=O)N(C(C)(C)C)CC(=O)N(C(C)(C)C)CC1=O. The third kappa shape index (κ3) is 11.7. The van der Waals surface area contributed by atoms with E-state index in [1.807, 2.05) is 125 Å². The van der Waals surface area contributed by atoms with Crippen molar-refractivity contribution in [1.29, 1.82) is 0 Å². The Labute approximate surface area is 309 Å². The second kappa shape index (κ2) is 16.2. The molecule has 6 amide bonds. The quantitative estimate of drug-likeness (QED) is 0.384. The summed E-state index contributed by atoms with van der Waals surface area (Å²) >= 11 is 0. The van der Waals surface area contributed by atoms with Gasteiger partial charge in [0.1, 0.15) is 39.3 Å². The number of hydrogen-bond acceptors (Lipinski definition) is 6. The first-order chi connectivity index (χ1) is 22.8. The highest BCUT2D eigenvalue weighted by Crippen LogP contribution is 2.27. The van der Waals surface area contributed by atoms with Crippen LogP contribution in [0, 0.1) is 0 Å². The molecule has 1 aliphatic rings. The first-order valence-corrected chi connectivity index (χ1v) is 18.6. The molecule has 51 heavy (non-hydrogen) atoms. The molecule has 1 heterocycles. The molecule has 1 fully saturated rings. The highest BCUT2D eigenvalue weighted by atomic mass is 16.2. The molecule has 0 radical (unpaired) electrons. The minimum Gasteiger partial charge on any atom is -0.327 e. The molecule has 0 N–H and O–H groups in total. The molecule has 294 valence electrons. The van der Waals surface area contributed by atoms with E-state index in [9.17, 15) is 28.8 Å². The molecule has 0 saturated carbocycles. The predicted octanol–water partition coefficient (Wildman–Crippen LogP) is 4.93. The Morgan fingerprint density at radius 1 is 0.314 bits per heavy atom. The summed E-state index contributed by atoms with van der Waals surface area (Å²) in [7, 11) is 0. The van der Waals surface area contributed by atoms with Crippen molar-refractivity contribution >= 4 is 35.4 Å². The van der Waals surface area contributed by atoms with Crippen LogP contribution in [0.4, 0.5) is 0 Å². The molecule has 1 aliphatic heterocycles. The van der Waals surface area contributed by atoms with Crippen LogP contribution in [0.15, 0.2) is 0 Å². The number of carbonyl (C=O) groups excluding carboxylic acids is 6. The van der Waals surface area contributed by atoms with Crippen LogP contribution in [-0.4, -0.2) is 137 Å². The van der Waals surface area contributed by atoms with Gasteiger partial charge in [0, 0.05) is 33.2 Å². The molecule has 0 unspecified atom stereocenters. The van der Waals surface area contributed by atoms with Gasteiger partial charge in [-0.15, -0.1) is 0 Å². The normalized spacial score (nSPS) is 18.9. The smallest absolute Gasteiger partial charge is 0.243 e. The van der Waals surface area contributed by atoms with E-state index in [2.05, 4.69) is 0 Å². The van der Waals surface area contributed by atoms with Crippen molar-refractivity contribution in [3.8, 4) is 0 Å². The van der Waals surface area contributed by atoms with Crippen LogP contribution in [-0.2, 0) is 28.8 Å². The summed E-state index contributed by atoms with van der Waals surface area (Å²) < 4.78 is 0. The molecular weight excluding hydrogens is 648 g/mol. The largest absolute Gasteiger partial charge is 0.327 e. The van der Waals surface area contributed by atoms with Crippen molar-refractivity contribution in [3.05, 3.63) is 0 Å². The maximum atomic E-state index is 14.4. The van der Waals surface area contributed by atoms with Gasteiger partial charge in [-0.1, -0.05) is 20.8 Å². The summed E-state index contributed by atoms with van der Waals surface area (Å²) in [6.45, 7) is 31.7. The van der Waals surface area contributed by atoms with E-state index in [0.717, 1.165) is 0 Å². The summed E-state index contributed by atoms with van der Waals surface area (Å²) in [6, 6.07) is 0. The molecule has 0 spiro atoms. The minimum atomic E-state index is -0.808. The van der Waals surface area contributed by atoms with Gasteiger partial charge in [0.25, 0.3) is 0 Å². The summed E-state index contributed by atoms with van der Waals surface area (Å²) in [5.41, 5.74) is -4.72. The second-order valence-electron chi connectivity index (χ2n) is 18.9. The topological polar surface area (TPSA) is 122 Å². The Balaban J connectivity index is 4.15. The molecule has 0 aromatic carbocycles. The zero-order valence-corrected chi connectivity index (χ0v) is 35.5. The summed E-state index contributed by atoms with van der Waals surface area (Å²) in [5.74, 6) is -2.49. The lowest BCUT2D eigenvalue weighted by molar-refractivity contribution is -0.159. The number of amides is 6. The van der Waals surface area contributed by atoms with Crippen LogP contribution in [0.2, 0.25) is 0 Å². The lowest BCUT2D eigenvalue weighted by atomic mass is 9.96. The van der Waals surface area contributed by atoms with Gasteiger partial charge in [-0.3, -0.25) is 28.8 Å². The van der Waals surface area contributed by atoms with E-state index in [-0.39, 0.29) is 39.3 Å². The Kier molecular flexibility index (Phi) is 14.6. The highest BCUT2D eigenvalue weighted by Gasteiger charge is 2.43. The standard InChI is InChI=1S/C39H72N6O6/c1-19-37(13,14)43-25-30(48)42(36(10,11)12)24-32(50)45(39(17,18)21-3)27-33(51)44(38(15,16)20-2)26-29(47)40(34(4,5)6)22-28(46)41(23-31(43)49)35(7,8)9/h19-27H2,1-18H3. The molecule has 12 nitrogen and oxygen atoms in total. The van der Waals surface area contributed by atoms with Gasteiger partial charge in [0.05, 0.1) is 0 Å². The molecule has 0 aromatic heterocycles. The zero-order chi connectivity index (χ0) is 40.3. The van der Waals surface area contributed by atoms with E-state index in [0.29, 0.717) is 19.3 Å². The number of nitrogens with zero attached hydrogens (tertiary/aromatic N) is 6. The molecule has 0 atom stereocenters. The van der Waals surface area contributed by atoms with Gasteiger partial charge in [-0.25, -0.2) is 0 Å². The van der Waals surface area contributed by atoms with Crippen LogP contribution < -0.4 is 0 Å². The van der Waals surface area contributed by atoms with Crippen molar-refractivity contribution in [1.82, 2.24) is 29.4 Å². The summed E-state index contributed by atoms with van der Waals surface area (Å²) in [4.78, 5) is 94.9. The Morgan fingerprint density at radius 2 is 0.451 bits per heavy atom. The van der Waals surface area contributed by atoms with Gasteiger partial charge in [-0.05, 0) is 123 Å². The van der Waals surface area contributed by atoms with Crippen molar-refractivity contribution in [3.63, 3.8) is 0 Å². The van der Waals surface area contributed by atoms with E-state index in [1.165, 1.54) is 29.4 Å². The predicted molar refractivity (Wildman–Crippen MR) is 203 cm³/mol. The molecule has 1 saturated heterocycles. The zero-order valence-electron chi connectivity index (χ0n) is 35.5. The van der Waals surface area contributed by atoms with Crippen molar-refractivity contribution in [2.24, 2.45) is 0 Å². The maximum Gasteiger partial charge on any atom is 0.243 e. The van der Waals surface area contributed by atoms with Crippen LogP contribution in [0.25, 0.3) is 0 Å². The van der Waals surface area contributed by atoms with Gasteiger partial charge in [-0.2, -0.15) is 0 Å². The van der Waals surface area contributed by atoms with E-state index in [4.69, 9.17) is 0 Å². The molecular formula is C39H72N6O6. The number of carbonyl (C=O) groups is 6. The molecule has 0 aromatic rings. The van der Waals surface area contributed by atoms with Crippen molar-refractivity contribution in [2.75, 3.05) is 39.3 Å². The van der Waals surface area contributed by atoms with E-state index < -0.39 is 68.7 Å². The fourth-order valence-electron chi connectivity index (χ4n) is 5.91. The molecule has 1 rings (SSSR count). The second-order valence-corrected chi connectivity index (χ2v) is 18.9. The van der Waals surface area contributed by atoms with Crippen LogP contribution in [0.3, 0.4) is 0 Å². The lowest BCUT2D eigenvalue weighted by Gasteiger charge is -2.46. The average Bonchev–Trinajstić information content (AvgIpc) is 2.98. The first kappa shape index (κ1) is 45.8. The van der Waals surface area contributed by atoms with Crippen LogP contribution >= 0.6 is 0 Å². The highest BCUT2D eigenvalue weighted by molar-refractivity contribution is 5.95. The Bertz CT molecular complexity index is 1300. The minimum absolute atomic E-state index is 0.303. The van der Waals surface area contributed by atoms with Gasteiger partial charge in [0.15, 0.2) is 0 Å². The monoisotopic (exact) mass is 721 g/mol. The van der Waals surface area contributed by atoms with Crippen LogP contribution in [0.1, 0.15) is 144 Å². The number of rotatable bonds is 6. The van der Waals surface area contributed by atoms with Gasteiger partial charge >= 0.3 is 0 Å². The maximum absolute atomic E-state index is 14.4. The summed E-state index contributed by atoms with van der Waals surface area (Å²) in [6.07, 6.45) is 1.59. The lowest BCUT2D eigenvalue weighted by Crippen LogP contribution is -2.63. The fourth-order valence-corrected chi connectivity index (χ4v) is 5.91. The van der Waals surface area contributed by atoms with E-state index in [1.54, 1.807) is 0 Å². The van der Waals surface area contributed by atoms with Gasteiger partial charge < -0.3 is 29.4 Å². The van der Waals surface area contributed by atoms with Crippen molar-refractivity contribution < 1.29 is 28.8 Å². The third-order valence-electron chi connectivity index (χ3n) is 10.8. The van der Waals surface area contributed by atoms with Crippen LogP contribution in [0.5, 0.6) is 0 Å². The van der Waals surface area contributed by atoms with Gasteiger partial charge in [0.2, 0.25) is 35.4 Å². The summed E-state index contributed by atoms with van der Waals surface area (Å²) in [5, 5.41) is 0. The fraction of sp³-hybridized carbons (Fsp3) is 0.846. The first-order valence-electron chi connectivity index (χ1n) is 18.6.